The lowest BCUT2D eigenvalue weighted by Crippen LogP contribution is -2.38. The van der Waals surface area contributed by atoms with Gasteiger partial charge in [0.1, 0.15) is 11.5 Å². The molecule has 0 aliphatic carbocycles. The molecule has 0 atom stereocenters. The van der Waals surface area contributed by atoms with Crippen molar-refractivity contribution in [3.63, 3.8) is 0 Å². The van der Waals surface area contributed by atoms with Gasteiger partial charge in [-0.15, -0.1) is 0 Å². The second-order valence-electron chi connectivity index (χ2n) is 7.54. The predicted octanol–water partition coefficient (Wildman–Crippen LogP) is 3.25. The van der Waals surface area contributed by atoms with Crippen molar-refractivity contribution in [2.24, 2.45) is 5.73 Å². The molecule has 0 aliphatic rings. The van der Waals surface area contributed by atoms with Crippen molar-refractivity contribution < 1.29 is 14.3 Å². The van der Waals surface area contributed by atoms with Gasteiger partial charge in [-0.25, -0.2) is 9.97 Å². The molecule has 3 aromatic rings. The molecule has 1 aromatic carbocycles. The van der Waals surface area contributed by atoms with Gasteiger partial charge in [0.05, 0.1) is 14.2 Å². The first-order valence-corrected chi connectivity index (χ1v) is 11.4. The van der Waals surface area contributed by atoms with Gasteiger partial charge in [0.25, 0.3) is 0 Å². The second-order valence-corrected chi connectivity index (χ2v) is 7.93. The quantitative estimate of drug-likeness (QED) is 0.214. The van der Waals surface area contributed by atoms with Crippen LogP contribution in [0.15, 0.2) is 43.0 Å². The maximum atomic E-state index is 13.0. The normalized spacial score (nSPS) is 10.7. The molecule has 34 heavy (non-hydrogen) atoms. The highest BCUT2D eigenvalue weighted by Gasteiger charge is 2.16. The molecule has 0 fully saturated rings. The second kappa shape index (κ2) is 12.8. The largest absolute Gasteiger partial charge is 0.493 e. The third kappa shape index (κ3) is 7.06. The van der Waals surface area contributed by atoms with Crippen LogP contribution >= 0.6 is 11.6 Å². The van der Waals surface area contributed by atoms with Crippen molar-refractivity contribution >= 4 is 23.3 Å². The van der Waals surface area contributed by atoms with E-state index >= 15 is 0 Å². The first-order chi connectivity index (χ1) is 16.5. The molecule has 2 heterocycles. The topological polar surface area (TPSA) is 120 Å². The van der Waals surface area contributed by atoms with Crippen LogP contribution in [0.2, 0.25) is 5.15 Å². The molecule has 10 nitrogen and oxygen atoms in total. The molecule has 1 amide bonds. The molecule has 0 bridgehead atoms. The number of benzene rings is 1. The summed E-state index contributed by atoms with van der Waals surface area (Å²) in [6.07, 6.45) is 8.45. The maximum absolute atomic E-state index is 13.0. The minimum atomic E-state index is -0.0450. The molecule has 182 valence electrons. The number of imidazole rings is 1. The van der Waals surface area contributed by atoms with Crippen LogP contribution < -0.4 is 20.6 Å². The number of hydrazine groups is 1. The number of carbonyl (C=O) groups excluding carboxylic acids is 1. The summed E-state index contributed by atoms with van der Waals surface area (Å²) in [5.41, 5.74) is 9.69. The van der Waals surface area contributed by atoms with E-state index in [0.29, 0.717) is 49.2 Å². The Labute approximate surface area is 204 Å². The third-order valence-corrected chi connectivity index (χ3v) is 5.33. The van der Waals surface area contributed by atoms with Gasteiger partial charge in [0, 0.05) is 31.4 Å². The SMILES string of the molecule is COc1ccc(CCN(Nc2cc(Cl)nc(-n3ccnc3)n2)C(=O)CCCCCN)cc1OC. The van der Waals surface area contributed by atoms with Gasteiger partial charge >= 0.3 is 0 Å². The van der Waals surface area contributed by atoms with Crippen molar-refractivity contribution in [2.75, 3.05) is 32.7 Å². The van der Waals surface area contributed by atoms with Gasteiger partial charge in [-0.2, -0.15) is 4.98 Å². The van der Waals surface area contributed by atoms with Gasteiger partial charge in [-0.1, -0.05) is 24.1 Å². The van der Waals surface area contributed by atoms with Gasteiger partial charge in [-0.05, 0) is 43.5 Å². The Balaban J connectivity index is 1.76. The van der Waals surface area contributed by atoms with Crippen LogP contribution in [0.5, 0.6) is 11.5 Å². The summed E-state index contributed by atoms with van der Waals surface area (Å²) in [5.74, 6) is 2.01. The van der Waals surface area contributed by atoms with Crippen LogP contribution in [0.25, 0.3) is 5.95 Å². The number of rotatable bonds is 13. The highest BCUT2D eigenvalue weighted by Crippen LogP contribution is 2.28. The van der Waals surface area contributed by atoms with Crippen molar-refractivity contribution in [3.8, 4) is 17.4 Å². The van der Waals surface area contributed by atoms with Crippen molar-refractivity contribution in [3.05, 3.63) is 53.7 Å². The monoisotopic (exact) mass is 487 g/mol. The molecule has 0 radical (unpaired) electrons. The standard InChI is InChI=1S/C23H30ClN7O3/c1-33-18-8-7-17(14-19(18)34-2)9-12-31(22(32)6-4-3-5-10-25)29-21-15-20(24)27-23(28-21)30-13-11-26-16-30/h7-8,11,13-16H,3-6,9-10,12,25H2,1-2H3,(H,27,28,29). The first-order valence-electron chi connectivity index (χ1n) is 11.0. The molecule has 2 aromatic heterocycles. The highest BCUT2D eigenvalue weighted by atomic mass is 35.5. The molecule has 11 heteroatoms. The van der Waals surface area contributed by atoms with E-state index < -0.39 is 0 Å². The molecule has 3 rings (SSSR count). The van der Waals surface area contributed by atoms with Crippen molar-refractivity contribution in [1.82, 2.24) is 24.5 Å². The van der Waals surface area contributed by atoms with Crippen LogP contribution in [-0.2, 0) is 11.2 Å². The van der Waals surface area contributed by atoms with Gasteiger partial charge in [-0.3, -0.25) is 19.8 Å². The molecule has 0 saturated carbocycles. The fraction of sp³-hybridized carbons (Fsp3) is 0.391. The number of anilines is 1. The predicted molar refractivity (Wildman–Crippen MR) is 130 cm³/mol. The van der Waals surface area contributed by atoms with E-state index in [1.807, 2.05) is 18.2 Å². The Bertz CT molecular complexity index is 1060. The average Bonchev–Trinajstić information content (AvgIpc) is 3.39. The Kier molecular flexibility index (Phi) is 9.48. The molecular formula is C23H30ClN7O3. The zero-order chi connectivity index (χ0) is 24.3. The van der Waals surface area contributed by atoms with E-state index in [4.69, 9.17) is 26.8 Å². The van der Waals surface area contributed by atoms with E-state index in [2.05, 4.69) is 20.4 Å². The lowest BCUT2D eigenvalue weighted by Gasteiger charge is -2.24. The van der Waals surface area contributed by atoms with Crippen LogP contribution in [0.4, 0.5) is 5.82 Å². The minimum absolute atomic E-state index is 0.0450. The van der Waals surface area contributed by atoms with E-state index in [1.165, 1.54) is 0 Å². The summed E-state index contributed by atoms with van der Waals surface area (Å²) < 4.78 is 12.3. The Morgan fingerprint density at radius 3 is 2.68 bits per heavy atom. The number of nitrogens with two attached hydrogens (primary N) is 1. The van der Waals surface area contributed by atoms with Gasteiger partial charge < -0.3 is 15.2 Å². The number of hydrogen-bond donors (Lipinski definition) is 2. The fourth-order valence-corrected chi connectivity index (χ4v) is 3.53. The molecule has 0 aliphatic heterocycles. The number of nitrogens with zero attached hydrogens (tertiary/aromatic N) is 5. The van der Waals surface area contributed by atoms with Crippen LogP contribution in [0, 0.1) is 0 Å². The van der Waals surface area contributed by atoms with E-state index in [-0.39, 0.29) is 11.1 Å². The van der Waals surface area contributed by atoms with E-state index in [9.17, 15) is 4.79 Å². The summed E-state index contributed by atoms with van der Waals surface area (Å²) in [7, 11) is 3.19. The smallest absolute Gasteiger partial charge is 0.240 e. The third-order valence-electron chi connectivity index (χ3n) is 5.14. The van der Waals surface area contributed by atoms with Crippen molar-refractivity contribution in [2.45, 2.75) is 32.1 Å². The lowest BCUT2D eigenvalue weighted by atomic mass is 10.1. The summed E-state index contributed by atoms with van der Waals surface area (Å²) >= 11 is 6.22. The number of aromatic nitrogens is 4. The first kappa shape index (κ1) is 25.3. The number of amides is 1. The molecule has 3 N–H and O–H groups in total. The lowest BCUT2D eigenvalue weighted by molar-refractivity contribution is -0.130. The Hall–Kier alpha value is -3.37. The minimum Gasteiger partial charge on any atom is -0.493 e. The van der Waals surface area contributed by atoms with E-state index in [0.717, 1.165) is 24.8 Å². The molecule has 0 spiro atoms. The van der Waals surface area contributed by atoms with Crippen LogP contribution in [0.3, 0.4) is 0 Å². The summed E-state index contributed by atoms with van der Waals surface area (Å²) in [5, 5.41) is 1.81. The van der Waals surface area contributed by atoms with Crippen molar-refractivity contribution in [1.29, 1.82) is 0 Å². The molecule has 0 unspecified atom stereocenters. The Morgan fingerprint density at radius 2 is 1.97 bits per heavy atom. The van der Waals surface area contributed by atoms with E-state index in [1.54, 1.807) is 48.6 Å². The maximum Gasteiger partial charge on any atom is 0.240 e. The summed E-state index contributed by atoms with van der Waals surface area (Å²) in [6.45, 7) is 1.03. The van der Waals surface area contributed by atoms with Gasteiger partial charge in [0.15, 0.2) is 17.3 Å². The number of halogens is 1. The summed E-state index contributed by atoms with van der Waals surface area (Å²) in [6, 6.07) is 7.28. The van der Waals surface area contributed by atoms with Crippen LogP contribution in [0.1, 0.15) is 31.2 Å². The fourth-order valence-electron chi connectivity index (χ4n) is 3.35. The highest BCUT2D eigenvalue weighted by molar-refractivity contribution is 6.29. The number of unbranched alkanes of at least 4 members (excludes halogenated alkanes) is 2. The zero-order valence-corrected chi connectivity index (χ0v) is 20.2. The number of carbonyl (C=O) groups is 1. The molecule has 0 saturated heterocycles. The van der Waals surface area contributed by atoms with Gasteiger partial charge in [0.2, 0.25) is 11.9 Å². The Morgan fingerprint density at radius 1 is 1.15 bits per heavy atom. The zero-order valence-electron chi connectivity index (χ0n) is 19.4. The average molecular weight is 488 g/mol. The van der Waals surface area contributed by atoms with Crippen LogP contribution in [-0.4, -0.2) is 57.7 Å². The number of methoxy groups -OCH3 is 2. The number of ether oxygens (including phenoxy) is 2. The molecular weight excluding hydrogens is 458 g/mol. The summed E-state index contributed by atoms with van der Waals surface area (Å²) in [4.78, 5) is 25.8. The number of hydrogen-bond acceptors (Lipinski definition) is 8. The number of nitrogens with one attached hydrogen (secondary N) is 1.